The summed E-state index contributed by atoms with van der Waals surface area (Å²) < 4.78 is 13.5. The van der Waals surface area contributed by atoms with Crippen molar-refractivity contribution in [3.63, 3.8) is 0 Å². The Bertz CT molecular complexity index is 827. The number of carbonyl (C=O) groups excluding carboxylic acids is 1. The summed E-state index contributed by atoms with van der Waals surface area (Å²) in [6.07, 6.45) is -0.0684. The standard InChI is InChI=1S/C17H15FN4O/c1-11-6-8-12(9-7-11)16-20-17(22-21-16)19-15(23)10-13-4-2-3-5-14(13)18/h2-9H,10H2,1H3,(H2,19,20,21,22,23). The minimum absolute atomic E-state index is 0.0684. The number of benzene rings is 2. The van der Waals surface area contributed by atoms with Gasteiger partial charge in [-0.25, -0.2) is 4.39 Å². The average molecular weight is 310 g/mol. The highest BCUT2D eigenvalue weighted by molar-refractivity contribution is 5.90. The zero-order valence-electron chi connectivity index (χ0n) is 12.5. The summed E-state index contributed by atoms with van der Waals surface area (Å²) in [4.78, 5) is 16.2. The minimum atomic E-state index is -0.405. The van der Waals surface area contributed by atoms with Gasteiger partial charge in [0.05, 0.1) is 6.42 Å². The predicted octanol–water partition coefficient (Wildman–Crippen LogP) is 3.10. The van der Waals surface area contributed by atoms with Gasteiger partial charge in [-0.05, 0) is 18.6 Å². The highest BCUT2D eigenvalue weighted by atomic mass is 19.1. The maximum Gasteiger partial charge on any atom is 0.249 e. The molecule has 1 amide bonds. The van der Waals surface area contributed by atoms with E-state index in [1.54, 1.807) is 18.2 Å². The zero-order chi connectivity index (χ0) is 16.2. The van der Waals surface area contributed by atoms with Crippen LogP contribution in [0.1, 0.15) is 11.1 Å². The molecular formula is C17H15FN4O. The lowest BCUT2D eigenvalue weighted by Gasteiger charge is -2.02. The van der Waals surface area contributed by atoms with E-state index in [9.17, 15) is 9.18 Å². The molecule has 0 unspecified atom stereocenters. The highest BCUT2D eigenvalue weighted by Crippen LogP contribution is 2.16. The van der Waals surface area contributed by atoms with Crippen molar-refractivity contribution in [3.8, 4) is 11.4 Å². The summed E-state index contributed by atoms with van der Waals surface area (Å²) in [6.45, 7) is 2.00. The van der Waals surface area contributed by atoms with E-state index in [-0.39, 0.29) is 18.3 Å². The van der Waals surface area contributed by atoms with Gasteiger partial charge in [-0.15, -0.1) is 5.10 Å². The fraction of sp³-hybridized carbons (Fsp3) is 0.118. The van der Waals surface area contributed by atoms with E-state index in [1.807, 2.05) is 31.2 Å². The Kier molecular flexibility index (Phi) is 4.14. The second-order valence-corrected chi connectivity index (χ2v) is 5.19. The number of nitrogens with zero attached hydrogens (tertiary/aromatic N) is 2. The molecule has 1 aromatic heterocycles. The number of amides is 1. The number of rotatable bonds is 4. The summed E-state index contributed by atoms with van der Waals surface area (Å²) >= 11 is 0. The molecule has 0 fully saturated rings. The molecule has 1 heterocycles. The van der Waals surface area contributed by atoms with Gasteiger partial charge >= 0.3 is 0 Å². The topological polar surface area (TPSA) is 70.7 Å². The molecular weight excluding hydrogens is 295 g/mol. The fourth-order valence-electron chi connectivity index (χ4n) is 2.14. The maximum absolute atomic E-state index is 13.5. The molecule has 0 atom stereocenters. The Morgan fingerprint density at radius 1 is 1.17 bits per heavy atom. The largest absolute Gasteiger partial charge is 0.293 e. The molecule has 23 heavy (non-hydrogen) atoms. The van der Waals surface area contributed by atoms with Crippen LogP contribution in [0, 0.1) is 12.7 Å². The molecule has 0 saturated carbocycles. The number of nitrogens with one attached hydrogen (secondary N) is 2. The average Bonchev–Trinajstić information content (AvgIpc) is 2.98. The Morgan fingerprint density at radius 3 is 2.65 bits per heavy atom. The number of hydrogen-bond acceptors (Lipinski definition) is 3. The van der Waals surface area contributed by atoms with E-state index >= 15 is 0 Å². The Morgan fingerprint density at radius 2 is 1.91 bits per heavy atom. The van der Waals surface area contributed by atoms with Crippen LogP contribution in [0.25, 0.3) is 11.4 Å². The molecule has 5 nitrogen and oxygen atoms in total. The third-order valence-corrected chi connectivity index (χ3v) is 3.37. The third kappa shape index (κ3) is 3.60. The van der Waals surface area contributed by atoms with Crippen LogP contribution in [-0.4, -0.2) is 21.1 Å². The van der Waals surface area contributed by atoms with Gasteiger partial charge in [0.2, 0.25) is 11.9 Å². The van der Waals surface area contributed by atoms with Gasteiger partial charge < -0.3 is 0 Å². The molecule has 3 rings (SSSR count). The number of hydrogen-bond donors (Lipinski definition) is 2. The van der Waals surface area contributed by atoms with E-state index in [4.69, 9.17) is 0 Å². The number of anilines is 1. The molecule has 3 aromatic rings. The van der Waals surface area contributed by atoms with Crippen molar-refractivity contribution in [1.29, 1.82) is 0 Å². The number of halogens is 1. The normalized spacial score (nSPS) is 10.5. The molecule has 0 bridgehead atoms. The van der Waals surface area contributed by atoms with Crippen LogP contribution in [0.15, 0.2) is 48.5 Å². The lowest BCUT2D eigenvalue weighted by Crippen LogP contribution is -2.16. The molecule has 2 aromatic carbocycles. The van der Waals surface area contributed by atoms with Crippen molar-refractivity contribution < 1.29 is 9.18 Å². The zero-order valence-corrected chi connectivity index (χ0v) is 12.5. The second-order valence-electron chi connectivity index (χ2n) is 5.19. The molecule has 2 N–H and O–H groups in total. The molecule has 0 aliphatic carbocycles. The van der Waals surface area contributed by atoms with E-state index in [1.165, 1.54) is 6.07 Å². The quantitative estimate of drug-likeness (QED) is 0.778. The van der Waals surface area contributed by atoms with E-state index in [0.717, 1.165) is 11.1 Å². The van der Waals surface area contributed by atoms with Crippen LogP contribution in [0.2, 0.25) is 0 Å². The minimum Gasteiger partial charge on any atom is -0.293 e. The van der Waals surface area contributed by atoms with Gasteiger partial charge in [0, 0.05) is 5.56 Å². The fourth-order valence-corrected chi connectivity index (χ4v) is 2.14. The van der Waals surface area contributed by atoms with Crippen molar-refractivity contribution >= 4 is 11.9 Å². The predicted molar refractivity (Wildman–Crippen MR) is 85.3 cm³/mol. The van der Waals surface area contributed by atoms with E-state index in [0.29, 0.717) is 11.4 Å². The van der Waals surface area contributed by atoms with Crippen molar-refractivity contribution in [3.05, 3.63) is 65.5 Å². The first-order chi connectivity index (χ1) is 11.1. The molecule has 0 saturated heterocycles. The molecule has 0 aliphatic rings. The summed E-state index contributed by atoms with van der Waals surface area (Å²) in [7, 11) is 0. The molecule has 0 radical (unpaired) electrons. The molecule has 0 spiro atoms. The Hall–Kier alpha value is -3.02. The summed E-state index contributed by atoms with van der Waals surface area (Å²) in [6, 6.07) is 13.9. The van der Waals surface area contributed by atoms with Crippen molar-refractivity contribution in [2.75, 3.05) is 5.32 Å². The Balaban J connectivity index is 1.68. The van der Waals surface area contributed by atoms with E-state index < -0.39 is 5.82 Å². The van der Waals surface area contributed by atoms with Crippen LogP contribution in [0.4, 0.5) is 10.3 Å². The van der Waals surface area contributed by atoms with Crippen LogP contribution in [-0.2, 0) is 11.2 Å². The van der Waals surface area contributed by atoms with Crippen LogP contribution in [0.3, 0.4) is 0 Å². The number of aryl methyl sites for hydroxylation is 1. The lowest BCUT2D eigenvalue weighted by molar-refractivity contribution is -0.115. The van der Waals surface area contributed by atoms with Crippen molar-refractivity contribution in [2.24, 2.45) is 0 Å². The van der Waals surface area contributed by atoms with Gasteiger partial charge in [-0.1, -0.05) is 48.0 Å². The number of H-pyrrole nitrogens is 1. The summed E-state index contributed by atoms with van der Waals surface area (Å²) in [5.74, 6) is -0.0457. The Labute approximate surface area is 132 Å². The van der Waals surface area contributed by atoms with Gasteiger partial charge in [0.1, 0.15) is 5.82 Å². The third-order valence-electron chi connectivity index (χ3n) is 3.37. The van der Waals surface area contributed by atoms with Crippen LogP contribution < -0.4 is 5.32 Å². The monoisotopic (exact) mass is 310 g/mol. The summed E-state index contributed by atoms with van der Waals surface area (Å²) in [5, 5.41) is 9.29. The van der Waals surface area contributed by atoms with Gasteiger partial charge in [-0.3, -0.25) is 15.2 Å². The molecule has 116 valence electrons. The highest BCUT2D eigenvalue weighted by Gasteiger charge is 2.11. The first-order valence-corrected chi connectivity index (χ1v) is 7.14. The van der Waals surface area contributed by atoms with E-state index in [2.05, 4.69) is 20.5 Å². The number of aromatic amines is 1. The molecule has 6 heteroatoms. The van der Waals surface area contributed by atoms with Crippen LogP contribution >= 0.6 is 0 Å². The van der Waals surface area contributed by atoms with Crippen molar-refractivity contribution in [2.45, 2.75) is 13.3 Å². The molecule has 0 aliphatic heterocycles. The lowest BCUT2D eigenvalue weighted by atomic mass is 10.1. The first kappa shape index (κ1) is 14.9. The second kappa shape index (κ2) is 6.39. The smallest absolute Gasteiger partial charge is 0.249 e. The maximum atomic E-state index is 13.5. The number of aromatic nitrogens is 3. The van der Waals surface area contributed by atoms with Gasteiger partial charge in [0.15, 0.2) is 5.82 Å². The first-order valence-electron chi connectivity index (χ1n) is 7.14. The van der Waals surface area contributed by atoms with Crippen LogP contribution in [0.5, 0.6) is 0 Å². The van der Waals surface area contributed by atoms with Crippen molar-refractivity contribution in [1.82, 2.24) is 15.2 Å². The van der Waals surface area contributed by atoms with Gasteiger partial charge in [0.25, 0.3) is 0 Å². The number of carbonyl (C=O) groups is 1. The van der Waals surface area contributed by atoms with Gasteiger partial charge in [-0.2, -0.15) is 4.98 Å². The SMILES string of the molecule is Cc1ccc(-c2nc(NC(=O)Cc3ccccc3F)n[nH]2)cc1. The summed E-state index contributed by atoms with van der Waals surface area (Å²) in [5.41, 5.74) is 2.35.